The molecule has 5 aliphatic rings. The van der Waals surface area contributed by atoms with E-state index in [9.17, 15) is 24.9 Å². The maximum Gasteiger partial charge on any atom is 0.226 e. The second-order valence-corrected chi connectivity index (χ2v) is 13.5. The molecule has 0 bridgehead atoms. The fourth-order valence-corrected chi connectivity index (χ4v) is 9.08. The molecular formula is C31H42N2O5. The summed E-state index contributed by atoms with van der Waals surface area (Å²) in [6.07, 6.45) is 9.05. The SMILES string of the molecule is CC(C1CC[C@@]2(O)C3=CC(=O)C4CC(O)[C@@H](O)CC4(C)C3CCC12C)N(Cc1cccnc1)C(=O)C1CC1. The van der Waals surface area contributed by atoms with Gasteiger partial charge in [0.15, 0.2) is 5.78 Å². The van der Waals surface area contributed by atoms with E-state index >= 15 is 0 Å². The highest BCUT2D eigenvalue weighted by atomic mass is 16.3. The molecule has 1 amide bonds. The van der Waals surface area contributed by atoms with E-state index in [1.165, 1.54) is 0 Å². The zero-order valence-corrected chi connectivity index (χ0v) is 22.8. The molecule has 0 aliphatic heterocycles. The van der Waals surface area contributed by atoms with Gasteiger partial charge in [0.2, 0.25) is 5.91 Å². The van der Waals surface area contributed by atoms with E-state index in [4.69, 9.17) is 0 Å². The molecule has 0 saturated heterocycles. The Morgan fingerprint density at radius 3 is 2.58 bits per heavy atom. The summed E-state index contributed by atoms with van der Waals surface area (Å²) in [7, 11) is 0. The molecule has 1 aromatic rings. The first kappa shape index (κ1) is 26.1. The largest absolute Gasteiger partial charge is 0.390 e. The molecule has 6 rings (SSSR count). The number of fused-ring (bicyclic) bond motifs is 5. The normalized spacial score (nSPS) is 42.9. The molecule has 0 spiro atoms. The molecule has 206 valence electrons. The van der Waals surface area contributed by atoms with Crippen molar-refractivity contribution in [3.8, 4) is 0 Å². The van der Waals surface area contributed by atoms with Crippen LogP contribution in [0.4, 0.5) is 0 Å². The lowest BCUT2D eigenvalue weighted by Crippen LogP contribution is -2.61. The van der Waals surface area contributed by atoms with Gasteiger partial charge in [0.1, 0.15) is 0 Å². The van der Waals surface area contributed by atoms with Crippen molar-refractivity contribution in [2.75, 3.05) is 0 Å². The Kier molecular flexibility index (Phi) is 6.17. The maximum absolute atomic E-state index is 13.5. The van der Waals surface area contributed by atoms with Gasteiger partial charge in [-0.05, 0) is 98.8 Å². The number of carbonyl (C=O) groups excluding carboxylic acids is 2. The first-order chi connectivity index (χ1) is 18.0. The third-order valence-corrected chi connectivity index (χ3v) is 11.5. The smallest absolute Gasteiger partial charge is 0.226 e. The van der Waals surface area contributed by atoms with E-state index in [0.717, 1.165) is 43.2 Å². The molecule has 7 heteroatoms. The van der Waals surface area contributed by atoms with Crippen LogP contribution in [0.1, 0.15) is 77.7 Å². The van der Waals surface area contributed by atoms with Crippen LogP contribution in [0.3, 0.4) is 0 Å². The number of allylic oxidation sites excluding steroid dienone is 1. The van der Waals surface area contributed by atoms with E-state index < -0.39 is 28.6 Å². The van der Waals surface area contributed by atoms with Gasteiger partial charge in [0.05, 0.1) is 17.8 Å². The number of rotatable bonds is 5. The highest BCUT2D eigenvalue weighted by Gasteiger charge is 2.67. The molecule has 5 aliphatic carbocycles. The summed E-state index contributed by atoms with van der Waals surface area (Å²) < 4.78 is 0. The van der Waals surface area contributed by atoms with Crippen LogP contribution in [-0.4, -0.2) is 60.7 Å². The second kappa shape index (κ2) is 8.97. The van der Waals surface area contributed by atoms with Crippen molar-refractivity contribution >= 4 is 11.7 Å². The van der Waals surface area contributed by atoms with Gasteiger partial charge in [-0.25, -0.2) is 0 Å². The van der Waals surface area contributed by atoms with Gasteiger partial charge < -0.3 is 20.2 Å². The molecule has 9 atom stereocenters. The number of aliphatic hydroxyl groups excluding tert-OH is 2. The van der Waals surface area contributed by atoms with Crippen LogP contribution in [0, 0.1) is 34.5 Å². The van der Waals surface area contributed by atoms with Crippen LogP contribution in [0.25, 0.3) is 0 Å². The van der Waals surface area contributed by atoms with Gasteiger partial charge >= 0.3 is 0 Å². The summed E-state index contributed by atoms with van der Waals surface area (Å²) in [5.74, 6) is 0.0332. The van der Waals surface area contributed by atoms with Crippen molar-refractivity contribution in [3.63, 3.8) is 0 Å². The molecule has 4 fully saturated rings. The number of ketones is 1. The van der Waals surface area contributed by atoms with Crippen LogP contribution in [0.2, 0.25) is 0 Å². The van der Waals surface area contributed by atoms with Crippen LogP contribution >= 0.6 is 0 Å². The molecule has 1 aromatic heterocycles. The molecule has 4 saturated carbocycles. The number of carbonyl (C=O) groups is 2. The van der Waals surface area contributed by atoms with Crippen LogP contribution in [-0.2, 0) is 16.1 Å². The van der Waals surface area contributed by atoms with E-state index in [0.29, 0.717) is 19.4 Å². The van der Waals surface area contributed by atoms with Gasteiger partial charge in [0, 0.05) is 42.2 Å². The summed E-state index contributed by atoms with van der Waals surface area (Å²) in [6.45, 7) is 6.90. The number of amides is 1. The Hall–Kier alpha value is -2.09. The highest BCUT2D eigenvalue weighted by Crippen LogP contribution is 2.67. The van der Waals surface area contributed by atoms with E-state index in [1.807, 2.05) is 23.2 Å². The Morgan fingerprint density at radius 1 is 1.13 bits per heavy atom. The average Bonchev–Trinajstić information content (AvgIpc) is 3.69. The number of hydrogen-bond acceptors (Lipinski definition) is 6. The lowest BCUT2D eigenvalue weighted by Gasteiger charge is -2.60. The summed E-state index contributed by atoms with van der Waals surface area (Å²) in [5.41, 5.74) is -0.229. The number of aliphatic hydroxyl groups is 3. The maximum atomic E-state index is 13.5. The minimum atomic E-state index is -1.12. The van der Waals surface area contributed by atoms with Crippen molar-refractivity contribution in [3.05, 3.63) is 41.7 Å². The van der Waals surface area contributed by atoms with Gasteiger partial charge in [0.25, 0.3) is 0 Å². The van der Waals surface area contributed by atoms with Gasteiger partial charge in [-0.2, -0.15) is 0 Å². The Bertz CT molecular complexity index is 1150. The molecule has 3 N–H and O–H groups in total. The lowest BCUT2D eigenvalue weighted by atomic mass is 9.46. The van der Waals surface area contributed by atoms with Crippen molar-refractivity contribution in [1.82, 2.24) is 9.88 Å². The minimum Gasteiger partial charge on any atom is -0.390 e. The molecule has 0 aromatic carbocycles. The molecule has 7 unspecified atom stereocenters. The average molecular weight is 523 g/mol. The summed E-state index contributed by atoms with van der Waals surface area (Å²) in [5, 5.41) is 33.4. The summed E-state index contributed by atoms with van der Waals surface area (Å²) in [4.78, 5) is 33.2. The number of hydrogen-bond donors (Lipinski definition) is 3. The number of nitrogens with zero attached hydrogens (tertiary/aromatic N) is 2. The Labute approximate surface area is 225 Å². The Balaban J connectivity index is 1.32. The van der Waals surface area contributed by atoms with Crippen LogP contribution in [0.15, 0.2) is 36.2 Å². The van der Waals surface area contributed by atoms with Crippen molar-refractivity contribution < 1.29 is 24.9 Å². The molecular weight excluding hydrogens is 480 g/mol. The molecule has 38 heavy (non-hydrogen) atoms. The molecule has 7 nitrogen and oxygen atoms in total. The van der Waals surface area contributed by atoms with E-state index in [1.54, 1.807) is 12.3 Å². The van der Waals surface area contributed by atoms with Crippen molar-refractivity contribution in [2.45, 2.75) is 103 Å². The monoisotopic (exact) mass is 522 g/mol. The highest BCUT2D eigenvalue weighted by molar-refractivity contribution is 5.95. The predicted molar refractivity (Wildman–Crippen MR) is 141 cm³/mol. The van der Waals surface area contributed by atoms with E-state index in [-0.39, 0.29) is 47.8 Å². The first-order valence-corrected chi connectivity index (χ1v) is 14.5. The standard InChI is InChI=1S/C31H42N2O5/c1-18(33(28(37)20-6-7-20)17-19-5-4-12-32-16-19)21-9-11-31(38)23-13-25(34)24-14-26(35)27(36)15-29(24,2)22(23)8-10-30(21,31)3/h4-5,12-13,16,18,20-22,24,26-27,35-36,38H,6-11,14-15,17H2,1-3H3/t18?,21?,22?,24?,26?,27-,29?,30?,31+/m0/s1. The van der Waals surface area contributed by atoms with Crippen molar-refractivity contribution in [2.24, 2.45) is 34.5 Å². The molecule has 1 heterocycles. The number of pyridine rings is 1. The van der Waals surface area contributed by atoms with E-state index in [2.05, 4.69) is 25.8 Å². The van der Waals surface area contributed by atoms with Crippen molar-refractivity contribution in [1.29, 1.82) is 0 Å². The summed E-state index contributed by atoms with van der Waals surface area (Å²) in [6, 6.07) is 3.85. The number of aromatic nitrogens is 1. The van der Waals surface area contributed by atoms with Gasteiger partial charge in [-0.15, -0.1) is 0 Å². The minimum absolute atomic E-state index is 0.000858. The summed E-state index contributed by atoms with van der Waals surface area (Å²) >= 11 is 0. The first-order valence-electron chi connectivity index (χ1n) is 14.5. The van der Waals surface area contributed by atoms with Gasteiger partial charge in [-0.1, -0.05) is 19.9 Å². The second-order valence-electron chi connectivity index (χ2n) is 13.5. The third-order valence-electron chi connectivity index (χ3n) is 11.5. The lowest BCUT2D eigenvalue weighted by molar-refractivity contribution is -0.155. The predicted octanol–water partition coefficient (Wildman–Crippen LogP) is 3.41. The fourth-order valence-electron chi connectivity index (χ4n) is 9.08. The molecule has 0 radical (unpaired) electrons. The zero-order chi connectivity index (χ0) is 27.0. The zero-order valence-electron chi connectivity index (χ0n) is 22.8. The van der Waals surface area contributed by atoms with Crippen LogP contribution in [0.5, 0.6) is 0 Å². The third kappa shape index (κ3) is 3.75. The fraction of sp³-hybridized carbons (Fsp3) is 0.710. The van der Waals surface area contributed by atoms with Gasteiger partial charge in [-0.3, -0.25) is 14.6 Å². The topological polar surface area (TPSA) is 111 Å². The van der Waals surface area contributed by atoms with Crippen LogP contribution < -0.4 is 0 Å². The quantitative estimate of drug-likeness (QED) is 0.547. The Morgan fingerprint density at radius 2 is 1.89 bits per heavy atom.